The standard InChI is InChI=1S/C15H23NO3/c1-11-3-4-15(17-2)13(9-11)14(16)10-19-12-5-7-18-8-6-12/h3-4,9,12,14H,5-8,10,16H2,1-2H3. The van der Waals surface area contributed by atoms with Crippen molar-refractivity contribution < 1.29 is 14.2 Å². The van der Waals surface area contributed by atoms with Gasteiger partial charge in [-0.15, -0.1) is 0 Å². The first-order valence-corrected chi connectivity index (χ1v) is 6.80. The highest BCUT2D eigenvalue weighted by molar-refractivity contribution is 5.39. The maximum absolute atomic E-state index is 6.22. The number of aryl methyl sites for hydroxylation is 1. The van der Waals surface area contributed by atoms with Gasteiger partial charge in [-0.25, -0.2) is 0 Å². The Labute approximate surface area is 114 Å². The molecule has 1 unspecified atom stereocenters. The van der Waals surface area contributed by atoms with Crippen LogP contribution in [0.5, 0.6) is 5.75 Å². The third kappa shape index (κ3) is 3.93. The number of nitrogens with two attached hydrogens (primary N) is 1. The second kappa shape index (κ2) is 6.89. The first kappa shape index (κ1) is 14.3. The fourth-order valence-electron chi connectivity index (χ4n) is 2.32. The maximum atomic E-state index is 6.22. The van der Waals surface area contributed by atoms with Crippen LogP contribution < -0.4 is 10.5 Å². The summed E-state index contributed by atoms with van der Waals surface area (Å²) in [5.41, 5.74) is 8.41. The summed E-state index contributed by atoms with van der Waals surface area (Å²) in [7, 11) is 1.67. The lowest BCUT2D eigenvalue weighted by Gasteiger charge is -2.24. The van der Waals surface area contributed by atoms with Gasteiger partial charge in [0.1, 0.15) is 5.75 Å². The van der Waals surface area contributed by atoms with Crippen LogP contribution in [0.15, 0.2) is 18.2 Å². The van der Waals surface area contributed by atoms with Gasteiger partial charge in [0.2, 0.25) is 0 Å². The molecule has 1 aromatic rings. The minimum Gasteiger partial charge on any atom is -0.496 e. The summed E-state index contributed by atoms with van der Waals surface area (Å²) in [6.45, 7) is 4.14. The molecule has 0 saturated carbocycles. The number of hydrogen-bond acceptors (Lipinski definition) is 4. The highest BCUT2D eigenvalue weighted by Crippen LogP contribution is 2.25. The molecule has 4 nitrogen and oxygen atoms in total. The quantitative estimate of drug-likeness (QED) is 0.886. The summed E-state index contributed by atoms with van der Waals surface area (Å²) in [5.74, 6) is 0.827. The summed E-state index contributed by atoms with van der Waals surface area (Å²) in [6, 6.07) is 5.89. The molecule has 1 aliphatic heterocycles. The fourth-order valence-corrected chi connectivity index (χ4v) is 2.32. The van der Waals surface area contributed by atoms with Crippen LogP contribution in [-0.4, -0.2) is 33.0 Å². The van der Waals surface area contributed by atoms with E-state index in [1.165, 1.54) is 5.56 Å². The largest absolute Gasteiger partial charge is 0.496 e. The minimum absolute atomic E-state index is 0.155. The lowest BCUT2D eigenvalue weighted by molar-refractivity contribution is -0.0359. The van der Waals surface area contributed by atoms with Gasteiger partial charge < -0.3 is 19.9 Å². The van der Waals surface area contributed by atoms with Crippen molar-refractivity contribution in [3.63, 3.8) is 0 Å². The average molecular weight is 265 g/mol. The molecule has 4 heteroatoms. The van der Waals surface area contributed by atoms with Gasteiger partial charge in [-0.2, -0.15) is 0 Å². The van der Waals surface area contributed by atoms with Crippen LogP contribution >= 0.6 is 0 Å². The average Bonchev–Trinajstić information content (AvgIpc) is 2.46. The van der Waals surface area contributed by atoms with E-state index in [4.69, 9.17) is 19.9 Å². The fraction of sp³-hybridized carbons (Fsp3) is 0.600. The Hall–Kier alpha value is -1.10. The van der Waals surface area contributed by atoms with E-state index in [9.17, 15) is 0 Å². The molecule has 1 aromatic carbocycles. The second-order valence-electron chi connectivity index (χ2n) is 5.00. The van der Waals surface area contributed by atoms with E-state index in [1.807, 2.05) is 12.1 Å². The molecule has 0 radical (unpaired) electrons. The van der Waals surface area contributed by atoms with Crippen molar-refractivity contribution >= 4 is 0 Å². The van der Waals surface area contributed by atoms with Gasteiger partial charge >= 0.3 is 0 Å². The van der Waals surface area contributed by atoms with Gasteiger partial charge in [-0.3, -0.25) is 0 Å². The molecule has 1 aliphatic rings. The lowest BCUT2D eigenvalue weighted by atomic mass is 10.0. The van der Waals surface area contributed by atoms with Crippen molar-refractivity contribution in [3.8, 4) is 5.75 Å². The molecule has 2 N–H and O–H groups in total. The third-order valence-electron chi connectivity index (χ3n) is 3.46. The second-order valence-corrected chi connectivity index (χ2v) is 5.00. The summed E-state index contributed by atoms with van der Waals surface area (Å²) in [6.07, 6.45) is 2.19. The van der Waals surface area contributed by atoms with Crippen molar-refractivity contribution in [1.29, 1.82) is 0 Å². The Balaban J connectivity index is 1.94. The molecule has 0 amide bonds. The topological polar surface area (TPSA) is 53.7 Å². The monoisotopic (exact) mass is 265 g/mol. The zero-order valence-corrected chi connectivity index (χ0v) is 11.7. The summed E-state index contributed by atoms with van der Waals surface area (Å²) in [4.78, 5) is 0. The van der Waals surface area contributed by atoms with E-state index in [-0.39, 0.29) is 12.1 Å². The Kier molecular flexibility index (Phi) is 5.19. The molecule has 0 aliphatic carbocycles. The van der Waals surface area contributed by atoms with E-state index in [1.54, 1.807) is 7.11 Å². The van der Waals surface area contributed by atoms with Crippen LogP contribution in [0.3, 0.4) is 0 Å². The maximum Gasteiger partial charge on any atom is 0.123 e. The Morgan fingerprint density at radius 2 is 2.11 bits per heavy atom. The number of rotatable bonds is 5. The lowest BCUT2D eigenvalue weighted by Crippen LogP contribution is -2.27. The van der Waals surface area contributed by atoms with Gasteiger partial charge in [0.25, 0.3) is 0 Å². The molecular formula is C15H23NO3. The van der Waals surface area contributed by atoms with Gasteiger partial charge in [0, 0.05) is 18.8 Å². The molecule has 1 fully saturated rings. The smallest absolute Gasteiger partial charge is 0.123 e. The molecular weight excluding hydrogens is 242 g/mol. The van der Waals surface area contributed by atoms with Crippen LogP contribution in [0.4, 0.5) is 0 Å². The van der Waals surface area contributed by atoms with Gasteiger partial charge in [-0.05, 0) is 25.8 Å². The van der Waals surface area contributed by atoms with Gasteiger partial charge in [0.15, 0.2) is 0 Å². The van der Waals surface area contributed by atoms with E-state index in [0.717, 1.165) is 37.4 Å². The van der Waals surface area contributed by atoms with Crippen LogP contribution in [-0.2, 0) is 9.47 Å². The van der Waals surface area contributed by atoms with Crippen molar-refractivity contribution in [2.75, 3.05) is 26.9 Å². The van der Waals surface area contributed by atoms with E-state index in [2.05, 4.69) is 13.0 Å². The molecule has 2 rings (SSSR count). The molecule has 0 bridgehead atoms. The van der Waals surface area contributed by atoms with Crippen LogP contribution in [0.25, 0.3) is 0 Å². The van der Waals surface area contributed by atoms with E-state index < -0.39 is 0 Å². The van der Waals surface area contributed by atoms with Crippen molar-refractivity contribution in [2.45, 2.75) is 31.9 Å². The SMILES string of the molecule is COc1ccc(C)cc1C(N)COC1CCOCC1. The van der Waals surface area contributed by atoms with Crippen molar-refractivity contribution in [2.24, 2.45) is 5.73 Å². The Morgan fingerprint density at radius 1 is 1.37 bits per heavy atom. The first-order chi connectivity index (χ1) is 9.20. The third-order valence-corrected chi connectivity index (χ3v) is 3.46. The summed E-state index contributed by atoms with van der Waals surface area (Å²) < 4.78 is 16.5. The van der Waals surface area contributed by atoms with Crippen LogP contribution in [0, 0.1) is 6.92 Å². The predicted molar refractivity (Wildman–Crippen MR) is 74.5 cm³/mol. The van der Waals surface area contributed by atoms with E-state index >= 15 is 0 Å². The van der Waals surface area contributed by atoms with E-state index in [0.29, 0.717) is 6.61 Å². The Morgan fingerprint density at radius 3 is 2.79 bits per heavy atom. The number of hydrogen-bond donors (Lipinski definition) is 1. The van der Waals surface area contributed by atoms with Gasteiger partial charge in [-0.1, -0.05) is 17.7 Å². The Bertz CT molecular complexity index is 402. The predicted octanol–water partition coefficient (Wildman–Crippen LogP) is 2.20. The van der Waals surface area contributed by atoms with Crippen LogP contribution in [0.1, 0.15) is 30.0 Å². The summed E-state index contributed by atoms with van der Waals surface area (Å²) in [5, 5.41) is 0. The normalized spacial score (nSPS) is 18.3. The molecule has 0 aromatic heterocycles. The van der Waals surface area contributed by atoms with Crippen molar-refractivity contribution in [3.05, 3.63) is 29.3 Å². The molecule has 1 atom stereocenters. The number of ether oxygens (including phenoxy) is 3. The molecule has 106 valence electrons. The molecule has 1 saturated heterocycles. The number of benzene rings is 1. The van der Waals surface area contributed by atoms with Crippen LogP contribution in [0.2, 0.25) is 0 Å². The highest BCUT2D eigenvalue weighted by atomic mass is 16.5. The molecule has 19 heavy (non-hydrogen) atoms. The highest BCUT2D eigenvalue weighted by Gasteiger charge is 2.18. The summed E-state index contributed by atoms with van der Waals surface area (Å²) >= 11 is 0. The molecule has 1 heterocycles. The first-order valence-electron chi connectivity index (χ1n) is 6.80. The minimum atomic E-state index is -0.155. The number of methoxy groups -OCH3 is 1. The van der Waals surface area contributed by atoms with Gasteiger partial charge in [0.05, 0.1) is 25.9 Å². The van der Waals surface area contributed by atoms with Crippen molar-refractivity contribution in [1.82, 2.24) is 0 Å². The zero-order valence-electron chi connectivity index (χ0n) is 11.7. The zero-order chi connectivity index (χ0) is 13.7. The molecule has 0 spiro atoms.